The van der Waals surface area contributed by atoms with Crippen LogP contribution in [0, 0.1) is 0 Å². The normalized spacial score (nSPS) is 14.6. The van der Waals surface area contributed by atoms with Gasteiger partial charge in [0.25, 0.3) is 0 Å². The molecule has 5 aromatic carbocycles. The van der Waals surface area contributed by atoms with Crippen molar-refractivity contribution < 1.29 is 0 Å². The third-order valence-corrected chi connectivity index (χ3v) is 14.3. The maximum atomic E-state index is 5.78. The lowest BCUT2D eigenvalue weighted by molar-refractivity contribution is 0.571. The molecule has 0 N–H and O–H groups in total. The lowest BCUT2D eigenvalue weighted by Crippen LogP contribution is -2.17. The number of rotatable bonds is 0. The first-order chi connectivity index (χ1) is 28.6. The molecule has 11 aromatic rings. The van der Waals surface area contributed by atoms with Crippen LogP contribution in [0.5, 0.6) is 0 Å². The molecule has 0 aliphatic heterocycles. The number of benzene rings is 5. The van der Waals surface area contributed by atoms with Gasteiger partial charge in [-0.3, -0.25) is 17.6 Å². The SMILES string of the molecule is CC(C)(C)c1ccc2c(c1)c1c3c4c(c5cc(C(C)(C)C)ccc5n4c4nc5c(C(C)(C)C)cc(C(C)(C)C)cc5n34)c3c1n2c1nc2c(C(C)(C)C)cc(C(C)(C)C)cc2n31. The zero-order valence-corrected chi connectivity index (χ0v) is 40.5. The number of nitrogens with zero attached hydrogens (tertiary/aromatic N) is 6. The summed E-state index contributed by atoms with van der Waals surface area (Å²) in [6.45, 7) is 42.0. The summed E-state index contributed by atoms with van der Waals surface area (Å²) >= 11 is 0. The fourth-order valence-electron chi connectivity index (χ4n) is 10.6. The van der Waals surface area contributed by atoms with Crippen molar-refractivity contribution in [3.63, 3.8) is 0 Å². The van der Waals surface area contributed by atoms with Gasteiger partial charge in [-0.15, -0.1) is 0 Å². The van der Waals surface area contributed by atoms with Gasteiger partial charge in [0.1, 0.15) is 0 Å². The molecular weight excluding hydrogens is 757 g/mol. The van der Waals surface area contributed by atoms with Gasteiger partial charge in [-0.2, -0.15) is 0 Å². The van der Waals surface area contributed by atoms with Crippen molar-refractivity contribution in [3.05, 3.63) is 94.0 Å². The van der Waals surface area contributed by atoms with E-state index in [-0.39, 0.29) is 32.5 Å². The Morgan fingerprint density at radius 1 is 0.323 bits per heavy atom. The molecule has 318 valence electrons. The minimum Gasteiger partial charge on any atom is -0.277 e. The van der Waals surface area contributed by atoms with Crippen LogP contribution in [0.25, 0.3) is 88.3 Å². The van der Waals surface area contributed by atoms with Gasteiger partial charge in [0.2, 0.25) is 11.6 Å². The molecule has 6 heteroatoms. The van der Waals surface area contributed by atoms with Gasteiger partial charge in [0.15, 0.2) is 0 Å². The first-order valence-corrected chi connectivity index (χ1v) is 22.9. The van der Waals surface area contributed by atoms with Gasteiger partial charge in [-0.1, -0.05) is 149 Å². The number of hydrogen-bond donors (Lipinski definition) is 0. The highest BCUT2D eigenvalue weighted by Gasteiger charge is 2.35. The van der Waals surface area contributed by atoms with Crippen molar-refractivity contribution >= 4 is 88.3 Å². The second-order valence-corrected chi connectivity index (χ2v) is 25.1. The van der Waals surface area contributed by atoms with Gasteiger partial charge in [-0.05, 0) is 102 Å². The molecule has 0 amide bonds. The van der Waals surface area contributed by atoms with Crippen LogP contribution < -0.4 is 0 Å². The van der Waals surface area contributed by atoms with Crippen LogP contribution in [-0.4, -0.2) is 27.6 Å². The molecule has 0 bridgehead atoms. The largest absolute Gasteiger partial charge is 0.277 e. The van der Waals surface area contributed by atoms with Gasteiger partial charge in [0.05, 0.1) is 55.2 Å². The van der Waals surface area contributed by atoms with E-state index in [4.69, 9.17) is 9.97 Å². The molecule has 6 aromatic heterocycles. The molecule has 0 radical (unpaired) electrons. The monoisotopic (exact) mass is 821 g/mol. The third-order valence-electron chi connectivity index (χ3n) is 14.3. The quantitative estimate of drug-likeness (QED) is 0.153. The zero-order valence-electron chi connectivity index (χ0n) is 40.5. The molecule has 62 heavy (non-hydrogen) atoms. The Morgan fingerprint density at radius 3 is 0.919 bits per heavy atom. The van der Waals surface area contributed by atoms with Gasteiger partial charge in [0, 0.05) is 21.5 Å². The Balaban J connectivity index is 1.52. The molecule has 0 saturated carbocycles. The lowest BCUT2D eigenvalue weighted by Gasteiger charge is -2.25. The summed E-state index contributed by atoms with van der Waals surface area (Å²) in [5, 5.41) is 5.07. The molecule has 6 heterocycles. The van der Waals surface area contributed by atoms with Crippen LogP contribution in [0.3, 0.4) is 0 Å². The van der Waals surface area contributed by atoms with E-state index >= 15 is 0 Å². The van der Waals surface area contributed by atoms with Crippen LogP contribution in [0.2, 0.25) is 0 Å². The molecule has 0 aliphatic carbocycles. The van der Waals surface area contributed by atoms with Crippen molar-refractivity contribution in [2.24, 2.45) is 0 Å². The first kappa shape index (κ1) is 39.5. The molecule has 0 saturated heterocycles. The number of hydrogen-bond acceptors (Lipinski definition) is 2. The van der Waals surface area contributed by atoms with Crippen LogP contribution >= 0.6 is 0 Å². The number of fused-ring (bicyclic) bond motifs is 18. The summed E-state index contributed by atoms with van der Waals surface area (Å²) in [4.78, 5) is 11.6. The highest BCUT2D eigenvalue weighted by Crippen LogP contribution is 2.51. The molecule has 6 nitrogen and oxygen atoms in total. The molecule has 0 atom stereocenters. The van der Waals surface area contributed by atoms with Crippen molar-refractivity contribution in [2.45, 2.75) is 157 Å². The van der Waals surface area contributed by atoms with Crippen molar-refractivity contribution in [1.29, 1.82) is 0 Å². The maximum Gasteiger partial charge on any atom is 0.220 e. The summed E-state index contributed by atoms with van der Waals surface area (Å²) in [5.41, 5.74) is 19.3. The van der Waals surface area contributed by atoms with Crippen molar-refractivity contribution in [2.75, 3.05) is 0 Å². The average molecular weight is 821 g/mol. The second-order valence-electron chi connectivity index (χ2n) is 25.1. The van der Waals surface area contributed by atoms with E-state index in [1.807, 2.05) is 0 Å². The Morgan fingerprint density at radius 2 is 0.629 bits per heavy atom. The van der Waals surface area contributed by atoms with E-state index in [0.29, 0.717) is 0 Å². The molecule has 0 aliphatic rings. The topological polar surface area (TPSA) is 43.4 Å². The van der Waals surface area contributed by atoms with E-state index in [2.05, 4.69) is 203 Å². The Labute approximate surface area is 365 Å². The molecule has 0 fully saturated rings. The Kier molecular flexibility index (Phi) is 7.27. The maximum absolute atomic E-state index is 5.78. The number of imidazole rings is 4. The van der Waals surface area contributed by atoms with Crippen LogP contribution in [0.15, 0.2) is 60.7 Å². The average Bonchev–Trinajstić information content (AvgIpc) is 3.95. The van der Waals surface area contributed by atoms with Gasteiger partial charge >= 0.3 is 0 Å². The number of aromatic nitrogens is 6. The smallest absolute Gasteiger partial charge is 0.220 e. The molecule has 0 spiro atoms. The summed E-state index contributed by atoms with van der Waals surface area (Å²) in [7, 11) is 0. The summed E-state index contributed by atoms with van der Waals surface area (Å²) in [5.74, 6) is 1.95. The highest BCUT2D eigenvalue weighted by atomic mass is 15.2. The van der Waals surface area contributed by atoms with E-state index in [9.17, 15) is 0 Å². The minimum atomic E-state index is -0.110. The zero-order chi connectivity index (χ0) is 44.5. The van der Waals surface area contributed by atoms with Crippen LogP contribution in [0.1, 0.15) is 158 Å². The molecule has 0 unspecified atom stereocenters. The van der Waals surface area contributed by atoms with E-state index in [0.717, 1.165) is 22.6 Å². The Bertz CT molecular complexity index is 3470. The second kappa shape index (κ2) is 11.4. The molecule has 11 rings (SSSR count). The summed E-state index contributed by atoms with van der Waals surface area (Å²) in [6, 6.07) is 24.2. The van der Waals surface area contributed by atoms with E-state index in [1.54, 1.807) is 0 Å². The van der Waals surface area contributed by atoms with Crippen LogP contribution in [-0.2, 0) is 32.5 Å². The molecular formula is C56H64N6. The van der Waals surface area contributed by atoms with Crippen LogP contribution in [0.4, 0.5) is 0 Å². The fourth-order valence-corrected chi connectivity index (χ4v) is 10.6. The highest BCUT2D eigenvalue weighted by molar-refractivity contribution is 6.37. The lowest BCUT2D eigenvalue weighted by atomic mass is 9.80. The van der Waals surface area contributed by atoms with Crippen molar-refractivity contribution in [1.82, 2.24) is 27.6 Å². The predicted octanol–water partition coefficient (Wildman–Crippen LogP) is 15.1. The van der Waals surface area contributed by atoms with Crippen molar-refractivity contribution in [3.8, 4) is 0 Å². The Hall–Kier alpha value is -5.36. The first-order valence-electron chi connectivity index (χ1n) is 22.9. The standard InChI is InChI=1S/C56H64N6/c1-51(2,3)29-19-21-37-33(23-29)41-45-48(62-40-28-32(54(10,11)12)26-36(56(16,17)18)44(40)57-49(62)59(37)45)42-34-24-30(52(4,5)6)20-22-38(34)60-46(42)47(41)61-39-27-31(53(7,8)9)25-35(55(13,14)15)43(39)58-50(60)61/h19-28H,1-18H3. The summed E-state index contributed by atoms with van der Waals surface area (Å²) < 4.78 is 10.1. The minimum absolute atomic E-state index is 0.0353. The van der Waals surface area contributed by atoms with E-state index < -0.39 is 0 Å². The third kappa shape index (κ3) is 5.04. The summed E-state index contributed by atoms with van der Waals surface area (Å²) in [6.07, 6.45) is 0. The van der Waals surface area contributed by atoms with E-state index in [1.165, 1.54) is 99.1 Å². The van der Waals surface area contributed by atoms with Gasteiger partial charge in [-0.25, -0.2) is 9.97 Å². The van der Waals surface area contributed by atoms with Gasteiger partial charge < -0.3 is 0 Å². The predicted molar refractivity (Wildman–Crippen MR) is 265 cm³/mol. The fraction of sp³-hybridized carbons (Fsp3) is 0.429.